The number of hydrogen-bond donors (Lipinski definition) is 1. The van der Waals surface area contributed by atoms with Crippen LogP contribution in [-0.4, -0.2) is 30.2 Å². The Morgan fingerprint density at radius 2 is 1.80 bits per heavy atom. The molecule has 1 saturated carbocycles. The molecule has 0 heterocycles. The summed E-state index contributed by atoms with van der Waals surface area (Å²) in [6, 6.07) is 8.43. The second-order valence-corrected chi connectivity index (χ2v) is 6.80. The topological polar surface area (TPSA) is 23.5 Å². The van der Waals surface area contributed by atoms with Crippen LogP contribution in [0.25, 0.3) is 0 Å². The Bertz CT molecular complexity index is 412. The zero-order valence-corrected chi connectivity index (χ0v) is 13.4. The number of aliphatic hydroxyl groups is 1. The van der Waals surface area contributed by atoms with Crippen molar-refractivity contribution in [3.63, 3.8) is 0 Å². The summed E-state index contributed by atoms with van der Waals surface area (Å²) < 4.78 is 0. The molecule has 0 radical (unpaired) electrons. The smallest absolute Gasteiger partial charge is 0.0499 e. The summed E-state index contributed by atoms with van der Waals surface area (Å²) in [6.45, 7) is 3.50. The van der Waals surface area contributed by atoms with Crippen LogP contribution in [0.4, 0.5) is 0 Å². The summed E-state index contributed by atoms with van der Waals surface area (Å²) in [6.07, 6.45) is 6.13. The van der Waals surface area contributed by atoms with Crippen molar-refractivity contribution in [3.8, 4) is 0 Å². The first-order valence-electron chi connectivity index (χ1n) is 7.63. The summed E-state index contributed by atoms with van der Waals surface area (Å²) in [4.78, 5) is 2.37. The molecule has 1 aromatic rings. The highest BCUT2D eigenvalue weighted by Gasteiger charge is 2.33. The molecular formula is C17H26ClNO. The summed E-state index contributed by atoms with van der Waals surface area (Å²) in [7, 11) is 2.16. The highest BCUT2D eigenvalue weighted by Crippen LogP contribution is 2.37. The van der Waals surface area contributed by atoms with Gasteiger partial charge in [-0.3, -0.25) is 4.90 Å². The highest BCUT2D eigenvalue weighted by atomic mass is 35.5. The van der Waals surface area contributed by atoms with E-state index < -0.39 is 0 Å². The second-order valence-electron chi connectivity index (χ2n) is 6.36. The predicted octanol–water partition coefficient (Wildman–Crippen LogP) is 4.28. The molecule has 1 aliphatic rings. The number of aliphatic hydroxyl groups excluding tert-OH is 1. The molecule has 1 N–H and O–H groups in total. The first-order valence-corrected chi connectivity index (χ1v) is 8.01. The predicted molar refractivity (Wildman–Crippen MR) is 85.1 cm³/mol. The maximum absolute atomic E-state index is 9.84. The molecule has 1 atom stereocenters. The van der Waals surface area contributed by atoms with Crippen molar-refractivity contribution in [2.45, 2.75) is 45.1 Å². The average molecular weight is 296 g/mol. The van der Waals surface area contributed by atoms with Gasteiger partial charge in [0, 0.05) is 29.6 Å². The molecule has 2 rings (SSSR count). The van der Waals surface area contributed by atoms with Crippen molar-refractivity contribution < 1.29 is 5.11 Å². The van der Waals surface area contributed by atoms with Crippen LogP contribution < -0.4 is 0 Å². The molecule has 3 heteroatoms. The zero-order valence-electron chi connectivity index (χ0n) is 12.6. The Balaban J connectivity index is 2.02. The minimum absolute atomic E-state index is 0.105. The largest absolute Gasteiger partial charge is 0.396 e. The molecule has 1 fully saturated rings. The lowest BCUT2D eigenvalue weighted by atomic mass is 9.74. The Hall–Kier alpha value is -0.570. The van der Waals surface area contributed by atoms with Crippen LogP contribution in [0, 0.1) is 5.41 Å². The van der Waals surface area contributed by atoms with Gasteiger partial charge in [-0.05, 0) is 44.5 Å². The van der Waals surface area contributed by atoms with Crippen LogP contribution in [0.5, 0.6) is 0 Å². The maximum atomic E-state index is 9.84. The number of rotatable bonds is 5. The lowest BCUT2D eigenvalue weighted by Gasteiger charge is -2.40. The fourth-order valence-electron chi connectivity index (χ4n) is 3.33. The van der Waals surface area contributed by atoms with Gasteiger partial charge in [0.05, 0.1) is 0 Å². The molecule has 1 aliphatic carbocycles. The van der Waals surface area contributed by atoms with E-state index in [9.17, 15) is 5.11 Å². The Labute approximate surface area is 127 Å². The third-order valence-corrected chi connectivity index (χ3v) is 5.10. The summed E-state index contributed by atoms with van der Waals surface area (Å²) in [5.41, 5.74) is 1.38. The van der Waals surface area contributed by atoms with Crippen molar-refractivity contribution in [3.05, 3.63) is 34.9 Å². The third-order valence-electron chi connectivity index (χ3n) is 4.85. The molecule has 1 unspecified atom stereocenters. The van der Waals surface area contributed by atoms with Crippen molar-refractivity contribution >= 4 is 11.6 Å². The van der Waals surface area contributed by atoms with Crippen LogP contribution in [0.1, 0.15) is 50.6 Å². The van der Waals surface area contributed by atoms with Crippen LogP contribution in [0.3, 0.4) is 0 Å². The molecule has 0 aliphatic heterocycles. The van der Waals surface area contributed by atoms with E-state index in [1.807, 2.05) is 12.1 Å². The normalized spacial score (nSPS) is 20.1. The van der Waals surface area contributed by atoms with Crippen LogP contribution in [-0.2, 0) is 0 Å². The van der Waals surface area contributed by atoms with Crippen LogP contribution >= 0.6 is 11.6 Å². The van der Waals surface area contributed by atoms with Crippen LogP contribution in [0.15, 0.2) is 24.3 Å². The molecule has 20 heavy (non-hydrogen) atoms. The first kappa shape index (κ1) is 15.8. The number of halogens is 1. The Morgan fingerprint density at radius 1 is 1.20 bits per heavy atom. The number of benzene rings is 1. The molecule has 2 nitrogen and oxygen atoms in total. The minimum Gasteiger partial charge on any atom is -0.396 e. The maximum Gasteiger partial charge on any atom is 0.0499 e. The van der Waals surface area contributed by atoms with Gasteiger partial charge in [-0.2, -0.15) is 0 Å². The summed E-state index contributed by atoms with van der Waals surface area (Å²) >= 11 is 5.95. The fraction of sp³-hybridized carbons (Fsp3) is 0.647. The molecule has 0 amide bonds. The molecule has 0 saturated heterocycles. The molecule has 0 spiro atoms. The first-order chi connectivity index (χ1) is 9.56. The van der Waals surface area contributed by atoms with Gasteiger partial charge in [-0.1, -0.05) is 43.0 Å². The molecular weight excluding hydrogens is 270 g/mol. The Morgan fingerprint density at radius 3 is 2.35 bits per heavy atom. The van der Waals surface area contributed by atoms with E-state index in [4.69, 9.17) is 11.6 Å². The molecule has 1 aromatic carbocycles. The highest BCUT2D eigenvalue weighted by molar-refractivity contribution is 6.30. The van der Waals surface area contributed by atoms with Gasteiger partial charge < -0.3 is 5.11 Å². The van der Waals surface area contributed by atoms with E-state index in [1.165, 1.54) is 24.8 Å². The molecule has 112 valence electrons. The van der Waals surface area contributed by atoms with E-state index >= 15 is 0 Å². The number of nitrogens with zero attached hydrogens (tertiary/aromatic N) is 1. The van der Waals surface area contributed by atoms with Crippen molar-refractivity contribution in [1.29, 1.82) is 0 Å². The van der Waals surface area contributed by atoms with Gasteiger partial charge in [-0.15, -0.1) is 0 Å². The average Bonchev–Trinajstić information content (AvgIpc) is 2.48. The van der Waals surface area contributed by atoms with Gasteiger partial charge >= 0.3 is 0 Å². The standard InChI is InChI=1S/C17H26ClNO/c1-14(15-6-8-16(18)9-7-15)19(2)12-17(13-20)10-4-3-5-11-17/h6-9,14,20H,3-5,10-13H2,1-2H3. The monoisotopic (exact) mass is 295 g/mol. The SMILES string of the molecule is CC(c1ccc(Cl)cc1)N(C)CC1(CO)CCCCC1. The van der Waals surface area contributed by atoms with E-state index in [-0.39, 0.29) is 5.41 Å². The second kappa shape index (κ2) is 6.93. The quantitative estimate of drug-likeness (QED) is 0.876. The lowest BCUT2D eigenvalue weighted by molar-refractivity contribution is 0.0375. The van der Waals surface area contributed by atoms with Crippen molar-refractivity contribution in [2.24, 2.45) is 5.41 Å². The van der Waals surface area contributed by atoms with E-state index in [0.29, 0.717) is 12.6 Å². The van der Waals surface area contributed by atoms with E-state index in [1.54, 1.807) is 0 Å². The minimum atomic E-state index is 0.105. The van der Waals surface area contributed by atoms with Crippen LogP contribution in [0.2, 0.25) is 5.02 Å². The fourth-order valence-corrected chi connectivity index (χ4v) is 3.46. The third kappa shape index (κ3) is 3.75. The van der Waals surface area contributed by atoms with E-state index in [0.717, 1.165) is 24.4 Å². The van der Waals surface area contributed by atoms with Crippen molar-refractivity contribution in [2.75, 3.05) is 20.2 Å². The van der Waals surface area contributed by atoms with Gasteiger partial charge in [0.15, 0.2) is 0 Å². The summed E-state index contributed by atoms with van der Waals surface area (Å²) in [5.74, 6) is 0. The zero-order chi connectivity index (χ0) is 14.6. The summed E-state index contributed by atoms with van der Waals surface area (Å²) in [5, 5.41) is 10.6. The molecule has 0 aromatic heterocycles. The van der Waals surface area contributed by atoms with Gasteiger partial charge in [-0.25, -0.2) is 0 Å². The van der Waals surface area contributed by atoms with Gasteiger partial charge in [0.25, 0.3) is 0 Å². The van der Waals surface area contributed by atoms with Gasteiger partial charge in [0.1, 0.15) is 0 Å². The number of hydrogen-bond acceptors (Lipinski definition) is 2. The van der Waals surface area contributed by atoms with Crippen molar-refractivity contribution in [1.82, 2.24) is 4.90 Å². The molecule has 0 bridgehead atoms. The lowest BCUT2D eigenvalue weighted by Crippen LogP contribution is -2.40. The van der Waals surface area contributed by atoms with E-state index in [2.05, 4.69) is 31.0 Å². The Kier molecular flexibility index (Phi) is 5.48. The van der Waals surface area contributed by atoms with Gasteiger partial charge in [0.2, 0.25) is 0 Å².